The summed E-state index contributed by atoms with van der Waals surface area (Å²) in [5.74, 6) is 2.00. The Bertz CT molecular complexity index is 386. The standard InChI is InChI=1S/C12H16ClNO3/c1-15-8-3-4-10(11(5-8)16-2)12-14-7-9(6-13)17-12/h3-5,9,12,14H,6-7H2,1-2H3/t9-,12+/m0/s1. The molecule has 0 unspecified atom stereocenters. The van der Waals surface area contributed by atoms with Gasteiger partial charge in [-0.25, -0.2) is 0 Å². The Morgan fingerprint density at radius 3 is 2.82 bits per heavy atom. The molecule has 1 saturated heterocycles. The second-order valence-electron chi connectivity index (χ2n) is 3.81. The maximum absolute atomic E-state index is 5.77. The van der Waals surface area contributed by atoms with Crippen LogP contribution in [-0.4, -0.2) is 32.7 Å². The fourth-order valence-corrected chi connectivity index (χ4v) is 2.02. The summed E-state index contributed by atoms with van der Waals surface area (Å²) < 4.78 is 16.2. The van der Waals surface area contributed by atoms with Crippen molar-refractivity contribution < 1.29 is 14.2 Å². The third kappa shape index (κ3) is 2.65. The Morgan fingerprint density at radius 2 is 2.24 bits per heavy atom. The van der Waals surface area contributed by atoms with Crippen LogP contribution in [-0.2, 0) is 4.74 Å². The minimum atomic E-state index is -0.167. The summed E-state index contributed by atoms with van der Waals surface area (Å²) in [6.45, 7) is 0.753. The second kappa shape index (κ2) is 5.58. The van der Waals surface area contributed by atoms with Gasteiger partial charge in [-0.15, -0.1) is 11.6 Å². The summed E-state index contributed by atoms with van der Waals surface area (Å²) in [6.07, 6.45) is -0.118. The van der Waals surface area contributed by atoms with Crippen LogP contribution in [0.15, 0.2) is 18.2 Å². The van der Waals surface area contributed by atoms with Crippen molar-refractivity contribution in [3.63, 3.8) is 0 Å². The molecule has 17 heavy (non-hydrogen) atoms. The molecule has 1 aliphatic rings. The van der Waals surface area contributed by atoms with Gasteiger partial charge in [0.05, 0.1) is 20.3 Å². The molecular formula is C12H16ClNO3. The quantitative estimate of drug-likeness (QED) is 0.837. The van der Waals surface area contributed by atoms with Crippen molar-refractivity contribution in [3.05, 3.63) is 23.8 Å². The highest BCUT2D eigenvalue weighted by Gasteiger charge is 2.27. The molecule has 0 amide bonds. The van der Waals surface area contributed by atoms with Crippen molar-refractivity contribution in [2.75, 3.05) is 26.6 Å². The number of methoxy groups -OCH3 is 2. The lowest BCUT2D eigenvalue weighted by atomic mass is 10.1. The van der Waals surface area contributed by atoms with E-state index in [1.165, 1.54) is 0 Å². The molecule has 0 aliphatic carbocycles. The average molecular weight is 258 g/mol. The van der Waals surface area contributed by atoms with Crippen molar-refractivity contribution in [2.24, 2.45) is 0 Å². The molecule has 1 aromatic carbocycles. The van der Waals surface area contributed by atoms with Gasteiger partial charge in [0.1, 0.15) is 17.7 Å². The molecule has 1 heterocycles. The lowest BCUT2D eigenvalue weighted by Gasteiger charge is -2.16. The van der Waals surface area contributed by atoms with Crippen molar-refractivity contribution in [3.8, 4) is 11.5 Å². The van der Waals surface area contributed by atoms with E-state index in [4.69, 9.17) is 25.8 Å². The average Bonchev–Trinajstić information content (AvgIpc) is 2.86. The van der Waals surface area contributed by atoms with Crippen LogP contribution in [0.5, 0.6) is 11.5 Å². The fraction of sp³-hybridized carbons (Fsp3) is 0.500. The Labute approximate surface area is 106 Å². The normalized spacial score (nSPS) is 23.7. The van der Waals surface area contributed by atoms with Crippen LogP contribution in [0.3, 0.4) is 0 Å². The van der Waals surface area contributed by atoms with E-state index in [9.17, 15) is 0 Å². The third-order valence-electron chi connectivity index (χ3n) is 2.75. The summed E-state index contributed by atoms with van der Waals surface area (Å²) in [7, 11) is 3.26. The van der Waals surface area contributed by atoms with E-state index in [-0.39, 0.29) is 12.3 Å². The minimum Gasteiger partial charge on any atom is -0.497 e. The molecule has 0 radical (unpaired) electrons. The topological polar surface area (TPSA) is 39.7 Å². The zero-order valence-electron chi connectivity index (χ0n) is 9.90. The molecule has 0 bridgehead atoms. The molecule has 1 aromatic rings. The van der Waals surface area contributed by atoms with E-state index in [1.54, 1.807) is 14.2 Å². The van der Waals surface area contributed by atoms with Gasteiger partial charge in [-0.2, -0.15) is 0 Å². The molecule has 1 N–H and O–H groups in total. The molecule has 94 valence electrons. The molecule has 1 fully saturated rings. The summed E-state index contributed by atoms with van der Waals surface area (Å²) in [4.78, 5) is 0. The van der Waals surface area contributed by atoms with Gasteiger partial charge in [-0.3, -0.25) is 5.32 Å². The SMILES string of the molecule is COc1ccc([C@@H]2NC[C@H](CCl)O2)c(OC)c1. The van der Waals surface area contributed by atoms with Crippen LogP contribution in [0.1, 0.15) is 11.8 Å². The predicted molar refractivity (Wildman–Crippen MR) is 65.9 cm³/mol. The van der Waals surface area contributed by atoms with E-state index in [2.05, 4.69) is 5.32 Å². The van der Waals surface area contributed by atoms with Gasteiger partial charge in [-0.05, 0) is 12.1 Å². The predicted octanol–water partition coefficient (Wildman–Crippen LogP) is 1.93. The van der Waals surface area contributed by atoms with Crippen molar-refractivity contribution in [1.29, 1.82) is 0 Å². The molecule has 2 rings (SSSR count). The van der Waals surface area contributed by atoms with Gasteiger partial charge in [0.25, 0.3) is 0 Å². The number of rotatable bonds is 4. The first-order valence-electron chi connectivity index (χ1n) is 5.45. The maximum atomic E-state index is 5.77. The van der Waals surface area contributed by atoms with Crippen LogP contribution >= 0.6 is 11.6 Å². The molecule has 2 atom stereocenters. The highest BCUT2D eigenvalue weighted by atomic mass is 35.5. The smallest absolute Gasteiger partial charge is 0.138 e. The maximum Gasteiger partial charge on any atom is 0.138 e. The van der Waals surface area contributed by atoms with Crippen molar-refractivity contribution >= 4 is 11.6 Å². The van der Waals surface area contributed by atoms with Crippen LogP contribution < -0.4 is 14.8 Å². The number of hydrogen-bond donors (Lipinski definition) is 1. The first-order chi connectivity index (χ1) is 8.28. The number of benzene rings is 1. The molecule has 0 saturated carbocycles. The first kappa shape index (κ1) is 12.5. The lowest BCUT2D eigenvalue weighted by molar-refractivity contribution is 0.0512. The summed E-state index contributed by atoms with van der Waals surface area (Å²) >= 11 is 5.77. The van der Waals surface area contributed by atoms with Crippen molar-refractivity contribution in [1.82, 2.24) is 5.32 Å². The summed E-state index contributed by atoms with van der Waals surface area (Å²) in [5.41, 5.74) is 0.959. The van der Waals surface area contributed by atoms with Crippen molar-refractivity contribution in [2.45, 2.75) is 12.3 Å². The fourth-order valence-electron chi connectivity index (χ4n) is 1.84. The number of hydrogen-bond acceptors (Lipinski definition) is 4. The van der Waals surface area contributed by atoms with Crippen LogP contribution in [0.2, 0.25) is 0 Å². The van der Waals surface area contributed by atoms with E-state index >= 15 is 0 Å². The van der Waals surface area contributed by atoms with Crippen LogP contribution in [0.25, 0.3) is 0 Å². The number of halogens is 1. The molecule has 4 nitrogen and oxygen atoms in total. The zero-order valence-corrected chi connectivity index (χ0v) is 10.7. The number of alkyl halides is 1. The highest BCUT2D eigenvalue weighted by molar-refractivity contribution is 6.18. The van der Waals surface area contributed by atoms with Gasteiger partial charge >= 0.3 is 0 Å². The zero-order chi connectivity index (χ0) is 12.3. The molecule has 1 aliphatic heterocycles. The highest BCUT2D eigenvalue weighted by Crippen LogP contribution is 2.32. The summed E-state index contributed by atoms with van der Waals surface area (Å²) in [5, 5.41) is 3.26. The van der Waals surface area contributed by atoms with E-state index in [0.717, 1.165) is 23.6 Å². The Morgan fingerprint density at radius 1 is 1.41 bits per heavy atom. The molecule has 5 heteroatoms. The molecule has 0 aromatic heterocycles. The van der Waals surface area contributed by atoms with E-state index in [1.807, 2.05) is 18.2 Å². The van der Waals surface area contributed by atoms with Gasteiger partial charge in [0.15, 0.2) is 0 Å². The van der Waals surface area contributed by atoms with E-state index in [0.29, 0.717) is 5.88 Å². The Balaban J connectivity index is 2.20. The largest absolute Gasteiger partial charge is 0.497 e. The first-order valence-corrected chi connectivity index (χ1v) is 5.98. The molecular weight excluding hydrogens is 242 g/mol. The Kier molecular flexibility index (Phi) is 4.10. The number of ether oxygens (including phenoxy) is 3. The monoisotopic (exact) mass is 257 g/mol. The van der Waals surface area contributed by atoms with Gasteiger partial charge in [0.2, 0.25) is 0 Å². The summed E-state index contributed by atoms with van der Waals surface area (Å²) in [6, 6.07) is 5.66. The van der Waals surface area contributed by atoms with Gasteiger partial charge < -0.3 is 14.2 Å². The van der Waals surface area contributed by atoms with Crippen LogP contribution in [0, 0.1) is 0 Å². The molecule has 0 spiro atoms. The third-order valence-corrected chi connectivity index (χ3v) is 3.10. The van der Waals surface area contributed by atoms with E-state index < -0.39 is 0 Å². The number of nitrogens with one attached hydrogen (secondary N) is 1. The van der Waals surface area contributed by atoms with Gasteiger partial charge in [-0.1, -0.05) is 0 Å². The second-order valence-corrected chi connectivity index (χ2v) is 4.12. The van der Waals surface area contributed by atoms with Crippen LogP contribution in [0.4, 0.5) is 0 Å². The Hall–Kier alpha value is -0.970. The lowest BCUT2D eigenvalue weighted by Crippen LogP contribution is -2.16. The minimum absolute atomic E-state index is 0.0495. The van der Waals surface area contributed by atoms with Gasteiger partial charge in [0, 0.05) is 24.1 Å².